The maximum Gasteiger partial charge on any atom is 0.164 e. The fourth-order valence-corrected chi connectivity index (χ4v) is 2.43. The van der Waals surface area contributed by atoms with Crippen LogP contribution in [0, 0.1) is 0 Å². The first-order valence-electron chi connectivity index (χ1n) is 6.50. The van der Waals surface area contributed by atoms with Gasteiger partial charge < -0.3 is 24.5 Å². The summed E-state index contributed by atoms with van der Waals surface area (Å²) in [6.07, 6.45) is -0.0903. The first-order valence-corrected chi connectivity index (χ1v) is 6.50. The van der Waals surface area contributed by atoms with Crippen molar-refractivity contribution in [1.29, 1.82) is 0 Å². The third-order valence-electron chi connectivity index (χ3n) is 3.53. The van der Waals surface area contributed by atoms with Gasteiger partial charge in [-0.2, -0.15) is 0 Å². The van der Waals surface area contributed by atoms with E-state index in [0.717, 1.165) is 29.6 Å². The Bertz CT molecular complexity index is 459. The molecule has 106 valence electrons. The van der Waals surface area contributed by atoms with Crippen LogP contribution >= 0.6 is 0 Å². The summed E-state index contributed by atoms with van der Waals surface area (Å²) in [5.74, 6) is 0.542. The SMILES string of the molecule is C[N+]1(C)CCc2c(ccc(O)c2OCC(O)CO)C1. The van der Waals surface area contributed by atoms with Gasteiger partial charge in [-0.3, -0.25) is 0 Å². The summed E-state index contributed by atoms with van der Waals surface area (Å²) in [7, 11) is 4.34. The number of ether oxygens (including phenoxy) is 1. The molecule has 1 aliphatic heterocycles. The number of hydrogen-bond acceptors (Lipinski definition) is 4. The second kappa shape index (κ2) is 5.36. The third kappa shape index (κ3) is 3.18. The van der Waals surface area contributed by atoms with Crippen molar-refractivity contribution >= 4 is 0 Å². The second-order valence-corrected chi connectivity index (χ2v) is 5.77. The molecule has 0 amide bonds. The number of phenolic OH excluding ortho intramolecular Hbond substituents is 1. The largest absolute Gasteiger partial charge is 0.504 e. The smallest absolute Gasteiger partial charge is 0.164 e. The molecule has 0 saturated heterocycles. The van der Waals surface area contributed by atoms with Crippen molar-refractivity contribution < 1.29 is 24.5 Å². The van der Waals surface area contributed by atoms with E-state index in [1.807, 2.05) is 6.07 Å². The minimum absolute atomic E-state index is 0.0151. The number of phenols is 1. The van der Waals surface area contributed by atoms with Gasteiger partial charge in [0.2, 0.25) is 0 Å². The van der Waals surface area contributed by atoms with Crippen LogP contribution in [-0.2, 0) is 13.0 Å². The molecule has 19 heavy (non-hydrogen) atoms. The molecule has 1 atom stereocenters. The van der Waals surface area contributed by atoms with E-state index >= 15 is 0 Å². The molecule has 0 bridgehead atoms. The molecular weight excluding hydrogens is 246 g/mol. The molecule has 1 aliphatic rings. The molecule has 1 aromatic rings. The quantitative estimate of drug-likeness (QED) is 0.685. The number of hydrogen-bond donors (Lipinski definition) is 3. The fourth-order valence-electron chi connectivity index (χ4n) is 2.43. The summed E-state index contributed by atoms with van der Waals surface area (Å²) in [5, 5.41) is 28.0. The highest BCUT2D eigenvalue weighted by Crippen LogP contribution is 2.36. The van der Waals surface area contributed by atoms with Gasteiger partial charge >= 0.3 is 0 Å². The van der Waals surface area contributed by atoms with Gasteiger partial charge in [0.1, 0.15) is 19.3 Å². The minimum atomic E-state index is -0.925. The molecule has 5 heteroatoms. The van der Waals surface area contributed by atoms with Crippen molar-refractivity contribution in [1.82, 2.24) is 0 Å². The Kier molecular flexibility index (Phi) is 3.99. The molecule has 2 rings (SSSR count). The number of aliphatic hydroxyl groups is 2. The number of fused-ring (bicyclic) bond motifs is 1. The number of benzene rings is 1. The summed E-state index contributed by atoms with van der Waals surface area (Å²) in [6, 6.07) is 3.56. The number of quaternary nitrogens is 1. The van der Waals surface area contributed by atoms with Gasteiger partial charge in [-0.1, -0.05) is 0 Å². The van der Waals surface area contributed by atoms with Crippen LogP contribution in [0.4, 0.5) is 0 Å². The number of rotatable bonds is 4. The molecular formula is C14H22NO4+. The van der Waals surface area contributed by atoms with Gasteiger partial charge in [-0.25, -0.2) is 0 Å². The lowest BCUT2D eigenvalue weighted by Crippen LogP contribution is -2.43. The Balaban J connectivity index is 2.24. The summed E-state index contributed by atoms with van der Waals surface area (Å²) in [5.41, 5.74) is 2.19. The van der Waals surface area contributed by atoms with Crippen LogP contribution in [0.3, 0.4) is 0 Å². The van der Waals surface area contributed by atoms with E-state index in [0.29, 0.717) is 5.75 Å². The van der Waals surface area contributed by atoms with Crippen LogP contribution in [0.1, 0.15) is 11.1 Å². The normalized spacial score (nSPS) is 18.7. The molecule has 1 heterocycles. The first kappa shape index (κ1) is 14.1. The lowest BCUT2D eigenvalue weighted by Gasteiger charge is -2.35. The highest BCUT2D eigenvalue weighted by molar-refractivity contribution is 5.50. The average molecular weight is 268 g/mol. The third-order valence-corrected chi connectivity index (χ3v) is 3.53. The zero-order valence-electron chi connectivity index (χ0n) is 11.5. The van der Waals surface area contributed by atoms with E-state index in [2.05, 4.69) is 14.1 Å². The van der Waals surface area contributed by atoms with Crippen LogP contribution in [0.2, 0.25) is 0 Å². The van der Waals surface area contributed by atoms with Crippen LogP contribution in [0.15, 0.2) is 12.1 Å². The standard InChI is InChI=1S/C14H21NO4/c1-15(2)6-5-12-10(7-15)3-4-13(18)14(12)19-9-11(17)8-16/h3-4,11,16-17H,5-9H2,1-2H3/p+1. The number of aromatic hydroxyl groups is 1. The predicted molar refractivity (Wildman–Crippen MR) is 71.1 cm³/mol. The van der Waals surface area contributed by atoms with E-state index in [9.17, 15) is 10.2 Å². The number of likely N-dealkylation sites (N-methyl/N-ethyl adjacent to an activating group) is 1. The Morgan fingerprint density at radius 1 is 1.37 bits per heavy atom. The summed E-state index contributed by atoms with van der Waals surface area (Å²) >= 11 is 0. The van der Waals surface area contributed by atoms with E-state index in [4.69, 9.17) is 9.84 Å². The molecule has 0 radical (unpaired) electrons. The van der Waals surface area contributed by atoms with Gasteiger partial charge in [-0.15, -0.1) is 0 Å². The molecule has 3 N–H and O–H groups in total. The van der Waals surface area contributed by atoms with Gasteiger partial charge in [0, 0.05) is 17.5 Å². The highest BCUT2D eigenvalue weighted by Gasteiger charge is 2.28. The van der Waals surface area contributed by atoms with Crippen molar-refractivity contribution in [3.63, 3.8) is 0 Å². The van der Waals surface area contributed by atoms with Gasteiger partial charge in [0.05, 0.1) is 27.2 Å². The van der Waals surface area contributed by atoms with Crippen molar-refractivity contribution in [2.24, 2.45) is 0 Å². The molecule has 0 fully saturated rings. The molecule has 0 spiro atoms. The molecule has 0 aromatic heterocycles. The van der Waals surface area contributed by atoms with Crippen LogP contribution < -0.4 is 4.74 Å². The van der Waals surface area contributed by atoms with Crippen molar-refractivity contribution in [2.75, 3.05) is 33.9 Å². The van der Waals surface area contributed by atoms with Crippen molar-refractivity contribution in [3.05, 3.63) is 23.3 Å². The second-order valence-electron chi connectivity index (χ2n) is 5.77. The van der Waals surface area contributed by atoms with E-state index < -0.39 is 6.10 Å². The van der Waals surface area contributed by atoms with Crippen molar-refractivity contribution in [3.8, 4) is 11.5 Å². The maximum atomic E-state index is 9.91. The summed E-state index contributed by atoms with van der Waals surface area (Å²) in [4.78, 5) is 0. The fraction of sp³-hybridized carbons (Fsp3) is 0.571. The monoisotopic (exact) mass is 268 g/mol. The van der Waals surface area contributed by atoms with Crippen LogP contribution in [-0.4, -0.2) is 59.8 Å². The number of aliphatic hydroxyl groups excluding tert-OH is 2. The summed E-state index contributed by atoms with van der Waals surface area (Å²) < 4.78 is 6.40. The van der Waals surface area contributed by atoms with E-state index in [-0.39, 0.29) is 19.0 Å². The Morgan fingerprint density at radius 2 is 2.11 bits per heavy atom. The molecule has 0 aliphatic carbocycles. The average Bonchev–Trinajstić information content (AvgIpc) is 2.36. The zero-order chi connectivity index (χ0) is 14.0. The van der Waals surface area contributed by atoms with E-state index in [1.165, 1.54) is 5.56 Å². The van der Waals surface area contributed by atoms with E-state index in [1.54, 1.807) is 6.07 Å². The Morgan fingerprint density at radius 3 is 2.79 bits per heavy atom. The number of nitrogens with zero attached hydrogens (tertiary/aromatic N) is 1. The minimum Gasteiger partial charge on any atom is -0.504 e. The molecule has 1 unspecified atom stereocenters. The summed E-state index contributed by atoms with van der Waals surface area (Å²) in [6.45, 7) is 1.52. The van der Waals surface area contributed by atoms with Gasteiger partial charge in [-0.05, 0) is 12.1 Å². The first-order chi connectivity index (χ1) is 8.93. The maximum absolute atomic E-state index is 9.91. The highest BCUT2D eigenvalue weighted by atomic mass is 16.5. The topological polar surface area (TPSA) is 69.9 Å². The Hall–Kier alpha value is -1.30. The molecule has 1 aromatic carbocycles. The molecule has 0 saturated carbocycles. The lowest BCUT2D eigenvalue weighted by molar-refractivity contribution is -0.905. The lowest BCUT2D eigenvalue weighted by atomic mass is 9.97. The van der Waals surface area contributed by atoms with Gasteiger partial charge in [0.15, 0.2) is 11.5 Å². The van der Waals surface area contributed by atoms with Crippen LogP contribution in [0.5, 0.6) is 11.5 Å². The van der Waals surface area contributed by atoms with Crippen molar-refractivity contribution in [2.45, 2.75) is 19.1 Å². The zero-order valence-corrected chi connectivity index (χ0v) is 11.5. The predicted octanol–water partition coefficient (Wildman–Crippen LogP) is 0.257. The molecule has 5 nitrogen and oxygen atoms in total. The Labute approximate surface area is 113 Å². The van der Waals surface area contributed by atoms with Gasteiger partial charge in [0.25, 0.3) is 0 Å². The van der Waals surface area contributed by atoms with Crippen LogP contribution in [0.25, 0.3) is 0 Å².